The van der Waals surface area contributed by atoms with Crippen LogP contribution in [0.25, 0.3) is 0 Å². The van der Waals surface area contributed by atoms with Gasteiger partial charge in [0.25, 0.3) is 0 Å². The van der Waals surface area contributed by atoms with Crippen LogP contribution in [0.3, 0.4) is 0 Å². The highest BCUT2D eigenvalue weighted by molar-refractivity contribution is 6.30. The van der Waals surface area contributed by atoms with E-state index in [0.717, 1.165) is 5.56 Å². The van der Waals surface area contributed by atoms with Gasteiger partial charge in [-0.15, -0.1) is 0 Å². The molecule has 1 aromatic heterocycles. The second-order valence-electron chi connectivity index (χ2n) is 3.31. The van der Waals surface area contributed by atoms with Crippen LogP contribution >= 0.6 is 23.2 Å². The maximum atomic E-state index is 12.9. The quantitative estimate of drug-likeness (QED) is 0.868. The number of nitrogens with zero attached hydrogens (tertiary/aromatic N) is 2. The molecule has 0 aliphatic heterocycles. The van der Waals surface area contributed by atoms with Crippen molar-refractivity contribution in [2.75, 3.05) is 5.32 Å². The predicted octanol–water partition coefficient (Wildman–Crippen LogP) is 3.53. The van der Waals surface area contributed by atoms with E-state index in [1.54, 1.807) is 24.4 Å². The Morgan fingerprint density at radius 3 is 2.76 bits per heavy atom. The van der Waals surface area contributed by atoms with Gasteiger partial charge in [-0.05, 0) is 35.4 Å². The van der Waals surface area contributed by atoms with Crippen molar-refractivity contribution in [3.8, 4) is 0 Å². The molecule has 0 atom stereocenters. The molecule has 0 amide bonds. The van der Waals surface area contributed by atoms with Crippen molar-refractivity contribution in [3.05, 3.63) is 52.1 Å². The molecule has 0 aliphatic rings. The molecule has 0 unspecified atom stereocenters. The van der Waals surface area contributed by atoms with Gasteiger partial charge in [0.15, 0.2) is 0 Å². The molecular weight excluding hydrogens is 264 g/mol. The summed E-state index contributed by atoms with van der Waals surface area (Å²) in [4.78, 5) is 7.73. The first-order valence-corrected chi connectivity index (χ1v) is 5.57. The Bertz CT molecular complexity index is 534. The molecule has 2 rings (SSSR count). The number of rotatable bonds is 3. The molecule has 1 heterocycles. The smallest absolute Gasteiger partial charge is 0.224 e. The lowest BCUT2D eigenvalue weighted by Gasteiger charge is -2.06. The van der Waals surface area contributed by atoms with Crippen LogP contribution < -0.4 is 5.32 Å². The zero-order valence-electron chi connectivity index (χ0n) is 8.62. The molecule has 2 aromatic rings. The summed E-state index contributed by atoms with van der Waals surface area (Å²) in [5, 5.41) is 3.31. The fourth-order valence-electron chi connectivity index (χ4n) is 1.28. The first-order chi connectivity index (χ1) is 8.15. The molecule has 1 aromatic carbocycles. The van der Waals surface area contributed by atoms with Crippen LogP contribution in [0.2, 0.25) is 10.3 Å². The van der Waals surface area contributed by atoms with Crippen molar-refractivity contribution in [3.63, 3.8) is 0 Å². The largest absolute Gasteiger partial charge is 0.366 e. The average molecular weight is 272 g/mol. The summed E-state index contributed by atoms with van der Waals surface area (Å²) in [7, 11) is 0. The van der Waals surface area contributed by atoms with E-state index >= 15 is 0 Å². The number of anilines is 1. The first kappa shape index (κ1) is 12.1. The van der Waals surface area contributed by atoms with Crippen molar-refractivity contribution in [1.82, 2.24) is 9.97 Å². The normalized spacial score (nSPS) is 10.3. The van der Waals surface area contributed by atoms with Crippen molar-refractivity contribution >= 4 is 29.0 Å². The van der Waals surface area contributed by atoms with E-state index in [2.05, 4.69) is 15.3 Å². The summed E-state index contributed by atoms with van der Waals surface area (Å²) in [5.74, 6) is 0.172. The third kappa shape index (κ3) is 3.28. The van der Waals surface area contributed by atoms with Crippen LogP contribution in [0.5, 0.6) is 0 Å². The fraction of sp³-hybridized carbons (Fsp3) is 0.0909. The van der Waals surface area contributed by atoms with Crippen molar-refractivity contribution in [2.24, 2.45) is 0 Å². The Balaban J connectivity index is 2.05. The van der Waals surface area contributed by atoms with Gasteiger partial charge in [0.1, 0.15) is 11.6 Å². The lowest BCUT2D eigenvalue weighted by Crippen LogP contribution is -2.02. The molecule has 1 N–H and O–H groups in total. The maximum Gasteiger partial charge on any atom is 0.224 e. The molecule has 0 radical (unpaired) electrons. The number of aromatic nitrogens is 2. The Labute approximate surface area is 108 Å². The number of hydrogen-bond acceptors (Lipinski definition) is 3. The Hall–Kier alpha value is -1.39. The standard InChI is InChI=1S/C11H8Cl2FN3/c12-8-5-7(1-2-9(8)14)6-16-10-3-4-15-11(13)17-10/h1-5H,6H2,(H,15,16,17). The number of benzene rings is 1. The summed E-state index contributed by atoms with van der Waals surface area (Å²) in [5.41, 5.74) is 0.853. The molecule has 0 aliphatic carbocycles. The van der Waals surface area contributed by atoms with E-state index in [9.17, 15) is 4.39 Å². The van der Waals surface area contributed by atoms with Crippen molar-refractivity contribution in [1.29, 1.82) is 0 Å². The lowest BCUT2D eigenvalue weighted by molar-refractivity contribution is 0.627. The van der Waals surface area contributed by atoms with Gasteiger partial charge < -0.3 is 5.32 Å². The topological polar surface area (TPSA) is 37.8 Å². The van der Waals surface area contributed by atoms with Gasteiger partial charge >= 0.3 is 0 Å². The third-order valence-corrected chi connectivity index (χ3v) is 2.56. The summed E-state index contributed by atoms with van der Waals surface area (Å²) < 4.78 is 12.9. The van der Waals surface area contributed by atoms with E-state index in [-0.39, 0.29) is 10.3 Å². The molecule has 0 bridgehead atoms. The van der Waals surface area contributed by atoms with Crippen LogP contribution in [0.4, 0.5) is 10.2 Å². The van der Waals surface area contributed by atoms with E-state index in [1.807, 2.05) is 0 Å². The summed E-state index contributed by atoms with van der Waals surface area (Å²) in [6.07, 6.45) is 1.55. The molecule has 6 heteroatoms. The molecule has 0 fully saturated rings. The van der Waals surface area contributed by atoms with Gasteiger partial charge in [0.2, 0.25) is 5.28 Å². The van der Waals surface area contributed by atoms with Gasteiger partial charge in [-0.1, -0.05) is 17.7 Å². The third-order valence-electron chi connectivity index (χ3n) is 2.08. The Kier molecular flexibility index (Phi) is 3.76. The fourth-order valence-corrected chi connectivity index (χ4v) is 1.63. The summed E-state index contributed by atoms with van der Waals surface area (Å²) in [6.45, 7) is 0.480. The minimum Gasteiger partial charge on any atom is -0.366 e. The van der Waals surface area contributed by atoms with Gasteiger partial charge in [-0.2, -0.15) is 0 Å². The number of hydrogen-bond donors (Lipinski definition) is 1. The highest BCUT2D eigenvalue weighted by Gasteiger charge is 2.01. The predicted molar refractivity (Wildman–Crippen MR) is 65.8 cm³/mol. The van der Waals surface area contributed by atoms with Crippen LogP contribution in [0.1, 0.15) is 5.56 Å². The zero-order chi connectivity index (χ0) is 12.3. The lowest BCUT2D eigenvalue weighted by atomic mass is 10.2. The van der Waals surface area contributed by atoms with E-state index in [0.29, 0.717) is 12.4 Å². The van der Waals surface area contributed by atoms with Crippen molar-refractivity contribution < 1.29 is 4.39 Å². The van der Waals surface area contributed by atoms with Gasteiger partial charge in [0.05, 0.1) is 5.02 Å². The first-order valence-electron chi connectivity index (χ1n) is 4.81. The molecule has 17 heavy (non-hydrogen) atoms. The van der Waals surface area contributed by atoms with Crippen LogP contribution in [0.15, 0.2) is 30.5 Å². The number of nitrogens with one attached hydrogen (secondary N) is 1. The zero-order valence-corrected chi connectivity index (χ0v) is 10.1. The second-order valence-corrected chi connectivity index (χ2v) is 4.06. The van der Waals surface area contributed by atoms with E-state index in [1.165, 1.54) is 6.07 Å². The molecule has 0 saturated heterocycles. The SMILES string of the molecule is Fc1ccc(CNc2ccnc(Cl)n2)cc1Cl. The molecule has 0 spiro atoms. The summed E-state index contributed by atoms with van der Waals surface area (Å²) >= 11 is 11.3. The highest BCUT2D eigenvalue weighted by Crippen LogP contribution is 2.17. The van der Waals surface area contributed by atoms with E-state index < -0.39 is 5.82 Å². The highest BCUT2D eigenvalue weighted by atomic mass is 35.5. The Morgan fingerprint density at radius 1 is 1.24 bits per heavy atom. The van der Waals surface area contributed by atoms with Gasteiger partial charge in [-0.3, -0.25) is 0 Å². The number of halogens is 3. The molecule has 88 valence electrons. The van der Waals surface area contributed by atoms with Gasteiger partial charge in [-0.25, -0.2) is 14.4 Å². The minimum absolute atomic E-state index is 0.102. The van der Waals surface area contributed by atoms with Crippen LogP contribution in [-0.4, -0.2) is 9.97 Å². The Morgan fingerprint density at radius 2 is 2.06 bits per heavy atom. The van der Waals surface area contributed by atoms with Crippen LogP contribution in [-0.2, 0) is 6.54 Å². The van der Waals surface area contributed by atoms with Gasteiger partial charge in [0, 0.05) is 12.7 Å². The average Bonchev–Trinajstić information content (AvgIpc) is 2.31. The molecular formula is C11H8Cl2FN3. The van der Waals surface area contributed by atoms with E-state index in [4.69, 9.17) is 23.2 Å². The van der Waals surface area contributed by atoms with Crippen LogP contribution in [0, 0.1) is 5.82 Å². The second kappa shape index (κ2) is 5.29. The minimum atomic E-state index is -0.430. The maximum absolute atomic E-state index is 12.9. The summed E-state index contributed by atoms with van der Waals surface area (Å²) in [6, 6.07) is 6.23. The van der Waals surface area contributed by atoms with Crippen molar-refractivity contribution in [2.45, 2.75) is 6.54 Å². The molecule has 0 saturated carbocycles. The monoisotopic (exact) mass is 271 g/mol. The molecule has 3 nitrogen and oxygen atoms in total.